The predicted octanol–water partition coefficient (Wildman–Crippen LogP) is 3.87. The normalized spacial score (nSPS) is 18.2. The van der Waals surface area contributed by atoms with Gasteiger partial charge in [-0.15, -0.1) is 10.2 Å². The lowest BCUT2D eigenvalue weighted by molar-refractivity contribution is -0.122. The number of aryl methyl sites for hydroxylation is 1. The van der Waals surface area contributed by atoms with Crippen molar-refractivity contribution in [2.75, 3.05) is 13.7 Å². The predicted molar refractivity (Wildman–Crippen MR) is 102 cm³/mol. The van der Waals surface area contributed by atoms with E-state index in [-0.39, 0.29) is 5.91 Å². The molecule has 1 amide bonds. The average molecular weight is 374 g/mol. The SMILES string of the molecule is CCN1C(=O)/C(=C(\C)c2ccc(OC)cc2)S/C1=N/c1nnc(C)s1. The minimum absolute atomic E-state index is 0.0270. The number of amides is 1. The fourth-order valence-electron chi connectivity index (χ4n) is 2.38. The standard InChI is InChI=1S/C17H18N4O2S2/c1-5-21-15(22)14(10(2)12-6-8-13(23-4)9-7-12)25-17(21)18-16-20-19-11(3)24-16/h6-9H,5H2,1-4H3/b14-10-,18-17+. The Kier molecular flexibility index (Phi) is 5.19. The largest absolute Gasteiger partial charge is 0.497 e. The van der Waals surface area contributed by atoms with Crippen molar-refractivity contribution in [1.82, 2.24) is 15.1 Å². The molecule has 25 heavy (non-hydrogen) atoms. The molecule has 0 saturated carbocycles. The summed E-state index contributed by atoms with van der Waals surface area (Å²) in [5, 5.41) is 10.0. The van der Waals surface area contributed by atoms with Gasteiger partial charge in [0.05, 0.1) is 12.0 Å². The lowest BCUT2D eigenvalue weighted by Gasteiger charge is -2.11. The molecule has 3 rings (SSSR count). The number of aromatic nitrogens is 2. The monoisotopic (exact) mass is 374 g/mol. The van der Waals surface area contributed by atoms with E-state index in [0.717, 1.165) is 21.9 Å². The lowest BCUT2D eigenvalue weighted by atomic mass is 10.1. The summed E-state index contributed by atoms with van der Waals surface area (Å²) >= 11 is 2.79. The molecule has 0 aliphatic carbocycles. The fraction of sp³-hybridized carbons (Fsp3) is 0.294. The maximum absolute atomic E-state index is 12.8. The van der Waals surface area contributed by atoms with Gasteiger partial charge < -0.3 is 4.74 Å². The van der Waals surface area contributed by atoms with Crippen molar-refractivity contribution in [2.45, 2.75) is 20.8 Å². The number of hydrogen-bond acceptors (Lipinski definition) is 7. The maximum Gasteiger partial charge on any atom is 0.267 e. The molecule has 1 aliphatic rings. The highest BCUT2D eigenvalue weighted by Crippen LogP contribution is 2.38. The van der Waals surface area contributed by atoms with Crippen molar-refractivity contribution < 1.29 is 9.53 Å². The van der Waals surface area contributed by atoms with Gasteiger partial charge in [-0.05, 0) is 55.8 Å². The number of rotatable bonds is 4. The summed E-state index contributed by atoms with van der Waals surface area (Å²) in [4.78, 5) is 19.7. The van der Waals surface area contributed by atoms with E-state index in [0.29, 0.717) is 21.7 Å². The zero-order valence-electron chi connectivity index (χ0n) is 14.4. The molecule has 0 spiro atoms. The van der Waals surface area contributed by atoms with Crippen LogP contribution in [0.25, 0.3) is 5.57 Å². The molecule has 0 radical (unpaired) electrons. The van der Waals surface area contributed by atoms with Crippen LogP contribution < -0.4 is 4.74 Å². The van der Waals surface area contributed by atoms with Crippen LogP contribution in [0.3, 0.4) is 0 Å². The van der Waals surface area contributed by atoms with E-state index < -0.39 is 0 Å². The Morgan fingerprint density at radius 1 is 1.28 bits per heavy atom. The molecule has 0 bridgehead atoms. The number of carbonyl (C=O) groups is 1. The van der Waals surface area contributed by atoms with Crippen LogP contribution in [-0.2, 0) is 4.79 Å². The third-order valence-corrected chi connectivity index (χ3v) is 5.66. The number of allylic oxidation sites excluding steroid dienone is 1. The molecule has 0 N–H and O–H groups in total. The molecule has 2 aromatic rings. The van der Waals surface area contributed by atoms with Gasteiger partial charge in [0.1, 0.15) is 10.8 Å². The van der Waals surface area contributed by atoms with Crippen molar-refractivity contribution in [1.29, 1.82) is 0 Å². The first-order valence-corrected chi connectivity index (χ1v) is 9.40. The van der Waals surface area contributed by atoms with Gasteiger partial charge in [-0.25, -0.2) is 0 Å². The van der Waals surface area contributed by atoms with Crippen LogP contribution in [0.15, 0.2) is 34.2 Å². The van der Waals surface area contributed by atoms with Crippen LogP contribution in [0.1, 0.15) is 24.4 Å². The van der Waals surface area contributed by atoms with Crippen molar-refractivity contribution in [3.05, 3.63) is 39.7 Å². The average Bonchev–Trinajstić information content (AvgIpc) is 3.17. The van der Waals surface area contributed by atoms with E-state index >= 15 is 0 Å². The maximum atomic E-state index is 12.8. The van der Waals surface area contributed by atoms with E-state index in [1.165, 1.54) is 23.1 Å². The quantitative estimate of drug-likeness (QED) is 0.760. The van der Waals surface area contributed by atoms with Crippen molar-refractivity contribution in [3.8, 4) is 5.75 Å². The fourth-order valence-corrected chi connectivity index (χ4v) is 4.11. The Balaban J connectivity index is 1.96. The highest BCUT2D eigenvalue weighted by atomic mass is 32.2. The minimum Gasteiger partial charge on any atom is -0.497 e. The summed E-state index contributed by atoms with van der Waals surface area (Å²) < 4.78 is 5.19. The number of hydrogen-bond donors (Lipinski definition) is 0. The van der Waals surface area contributed by atoms with Gasteiger partial charge in [0.2, 0.25) is 5.13 Å². The zero-order chi connectivity index (χ0) is 18.0. The van der Waals surface area contributed by atoms with E-state index in [2.05, 4.69) is 15.2 Å². The van der Waals surface area contributed by atoms with Gasteiger partial charge in [0, 0.05) is 6.54 Å². The van der Waals surface area contributed by atoms with Gasteiger partial charge in [0.15, 0.2) is 5.17 Å². The summed E-state index contributed by atoms with van der Waals surface area (Å²) in [7, 11) is 1.63. The summed E-state index contributed by atoms with van der Waals surface area (Å²) in [5.74, 6) is 0.761. The summed E-state index contributed by atoms with van der Waals surface area (Å²) in [6.07, 6.45) is 0. The second kappa shape index (κ2) is 7.37. The molecule has 1 aliphatic heterocycles. The molecule has 1 fully saturated rings. The highest BCUT2D eigenvalue weighted by molar-refractivity contribution is 8.18. The number of nitrogens with zero attached hydrogens (tertiary/aromatic N) is 4. The molecule has 130 valence electrons. The number of aliphatic imine (C=N–C) groups is 1. The first-order chi connectivity index (χ1) is 12.0. The molecule has 1 saturated heterocycles. The van der Waals surface area contributed by atoms with Crippen molar-refractivity contribution in [3.63, 3.8) is 0 Å². The number of likely N-dealkylation sites (N-methyl/N-ethyl adjacent to an activating group) is 1. The van der Waals surface area contributed by atoms with Crippen molar-refractivity contribution >= 4 is 44.9 Å². The molecule has 6 nitrogen and oxygen atoms in total. The summed E-state index contributed by atoms with van der Waals surface area (Å²) in [6, 6.07) is 7.68. The van der Waals surface area contributed by atoms with Gasteiger partial charge >= 0.3 is 0 Å². The smallest absolute Gasteiger partial charge is 0.267 e. The number of ether oxygens (including phenoxy) is 1. The van der Waals surface area contributed by atoms with Crippen LogP contribution in [0.2, 0.25) is 0 Å². The number of benzene rings is 1. The van der Waals surface area contributed by atoms with Crippen LogP contribution in [0, 0.1) is 6.92 Å². The Morgan fingerprint density at radius 3 is 2.56 bits per heavy atom. The number of methoxy groups -OCH3 is 1. The van der Waals surface area contributed by atoms with Gasteiger partial charge in [-0.2, -0.15) is 4.99 Å². The second-order valence-corrected chi connectivity index (χ2v) is 7.47. The highest BCUT2D eigenvalue weighted by Gasteiger charge is 2.34. The van der Waals surface area contributed by atoms with Gasteiger partial charge in [-0.3, -0.25) is 9.69 Å². The van der Waals surface area contributed by atoms with E-state index in [9.17, 15) is 4.79 Å². The number of amidine groups is 1. The van der Waals surface area contributed by atoms with Gasteiger partial charge in [0.25, 0.3) is 5.91 Å². The Hall–Kier alpha value is -2.19. The molecule has 0 unspecified atom stereocenters. The molecule has 1 aromatic heterocycles. The van der Waals surface area contributed by atoms with Crippen molar-refractivity contribution in [2.24, 2.45) is 4.99 Å². The summed E-state index contributed by atoms with van der Waals surface area (Å²) in [5.41, 5.74) is 1.91. The summed E-state index contributed by atoms with van der Waals surface area (Å²) in [6.45, 7) is 6.33. The molecule has 8 heteroatoms. The second-order valence-electron chi connectivity index (χ2n) is 5.33. The van der Waals surface area contributed by atoms with Crippen LogP contribution in [-0.4, -0.2) is 39.8 Å². The third kappa shape index (κ3) is 3.59. The first kappa shape index (κ1) is 17.6. The van der Waals surface area contributed by atoms with E-state index in [1.807, 2.05) is 45.0 Å². The van der Waals surface area contributed by atoms with Crippen LogP contribution in [0.4, 0.5) is 5.13 Å². The Bertz CT molecular complexity index is 856. The Labute approximate surface area is 154 Å². The van der Waals surface area contributed by atoms with E-state index in [4.69, 9.17) is 4.74 Å². The molecular formula is C17H18N4O2S2. The molecule has 0 atom stereocenters. The lowest BCUT2D eigenvalue weighted by Crippen LogP contribution is -2.28. The molecular weight excluding hydrogens is 356 g/mol. The third-order valence-electron chi connectivity index (χ3n) is 3.75. The topological polar surface area (TPSA) is 67.7 Å². The minimum atomic E-state index is -0.0270. The van der Waals surface area contributed by atoms with Crippen LogP contribution >= 0.6 is 23.1 Å². The number of thioether (sulfide) groups is 1. The first-order valence-electron chi connectivity index (χ1n) is 7.77. The number of carbonyl (C=O) groups excluding carboxylic acids is 1. The Morgan fingerprint density at radius 2 is 2.00 bits per heavy atom. The van der Waals surface area contributed by atoms with Crippen LogP contribution in [0.5, 0.6) is 5.75 Å². The van der Waals surface area contributed by atoms with Gasteiger partial charge in [-0.1, -0.05) is 23.5 Å². The zero-order valence-corrected chi connectivity index (χ0v) is 16.1. The van der Waals surface area contributed by atoms with E-state index in [1.54, 1.807) is 12.0 Å². The molecule has 2 heterocycles. The molecule has 1 aromatic carbocycles.